The number of thioether (sulfide) groups is 1. The van der Waals surface area contributed by atoms with Crippen LogP contribution in [-0.4, -0.2) is 17.2 Å². The fraction of sp³-hybridized carbons (Fsp3) is 0.462. The van der Waals surface area contributed by atoms with Crippen LogP contribution in [0.5, 0.6) is 0 Å². The first-order valence-corrected chi connectivity index (χ1v) is 6.79. The molecule has 0 saturated heterocycles. The predicted octanol–water partition coefficient (Wildman–Crippen LogP) is 1.68. The Morgan fingerprint density at radius 1 is 1.53 bits per heavy atom. The van der Waals surface area contributed by atoms with Gasteiger partial charge < -0.3 is 11.5 Å². The summed E-state index contributed by atoms with van der Waals surface area (Å²) in [7, 11) is 0. The quantitative estimate of drug-likeness (QED) is 0.781. The second kappa shape index (κ2) is 4.70. The number of hydrogen-bond acceptors (Lipinski definition) is 3. The first-order valence-electron chi connectivity index (χ1n) is 5.80. The van der Waals surface area contributed by atoms with Crippen molar-refractivity contribution in [2.75, 3.05) is 5.75 Å². The predicted molar refractivity (Wildman–Crippen MR) is 70.7 cm³/mol. The van der Waals surface area contributed by atoms with Gasteiger partial charge >= 0.3 is 0 Å². The van der Waals surface area contributed by atoms with Gasteiger partial charge in [-0.2, -0.15) is 0 Å². The zero-order chi connectivity index (χ0) is 12.5. The second-order valence-electron chi connectivity index (χ2n) is 4.78. The van der Waals surface area contributed by atoms with Crippen molar-refractivity contribution in [1.29, 1.82) is 0 Å². The van der Waals surface area contributed by atoms with Crippen molar-refractivity contribution in [1.82, 2.24) is 0 Å². The molecular weight excluding hydrogens is 232 g/mol. The summed E-state index contributed by atoms with van der Waals surface area (Å²) in [6.07, 6.45) is 2.04. The van der Waals surface area contributed by atoms with Crippen LogP contribution in [0.2, 0.25) is 0 Å². The minimum atomic E-state index is -0.839. The molecule has 0 heterocycles. The van der Waals surface area contributed by atoms with E-state index in [1.807, 2.05) is 12.1 Å². The van der Waals surface area contributed by atoms with Crippen molar-refractivity contribution in [3.63, 3.8) is 0 Å². The van der Waals surface area contributed by atoms with E-state index in [9.17, 15) is 4.79 Å². The van der Waals surface area contributed by atoms with E-state index in [-0.39, 0.29) is 11.8 Å². The lowest BCUT2D eigenvalue weighted by Gasteiger charge is -2.25. The van der Waals surface area contributed by atoms with Crippen LogP contribution in [0.4, 0.5) is 0 Å². The summed E-state index contributed by atoms with van der Waals surface area (Å²) < 4.78 is 0. The lowest BCUT2D eigenvalue weighted by molar-refractivity contribution is -0.123. The van der Waals surface area contributed by atoms with E-state index < -0.39 is 5.54 Å². The van der Waals surface area contributed by atoms with Gasteiger partial charge in [0.25, 0.3) is 0 Å². The van der Waals surface area contributed by atoms with Crippen molar-refractivity contribution < 1.29 is 4.79 Å². The summed E-state index contributed by atoms with van der Waals surface area (Å²) in [5, 5.41) is 0. The van der Waals surface area contributed by atoms with Gasteiger partial charge in [0.1, 0.15) is 5.54 Å². The van der Waals surface area contributed by atoms with Crippen LogP contribution >= 0.6 is 11.8 Å². The maximum absolute atomic E-state index is 11.5. The fourth-order valence-electron chi connectivity index (χ4n) is 1.90. The van der Waals surface area contributed by atoms with Crippen molar-refractivity contribution in [3.05, 3.63) is 29.8 Å². The van der Waals surface area contributed by atoms with Crippen molar-refractivity contribution in [2.24, 2.45) is 17.4 Å². The van der Waals surface area contributed by atoms with Gasteiger partial charge in [-0.15, -0.1) is 11.8 Å². The van der Waals surface area contributed by atoms with Crippen LogP contribution in [-0.2, 0) is 4.79 Å². The molecule has 0 spiro atoms. The average Bonchev–Trinajstić information content (AvgIpc) is 3.09. The summed E-state index contributed by atoms with van der Waals surface area (Å²) in [5.74, 6) is 0.466. The average molecular weight is 250 g/mol. The molecule has 1 aromatic carbocycles. The third-order valence-electron chi connectivity index (χ3n) is 3.23. The van der Waals surface area contributed by atoms with E-state index >= 15 is 0 Å². The van der Waals surface area contributed by atoms with Crippen LogP contribution < -0.4 is 11.5 Å². The Kier molecular flexibility index (Phi) is 3.45. The zero-order valence-electron chi connectivity index (χ0n) is 9.98. The first kappa shape index (κ1) is 12.5. The molecule has 92 valence electrons. The normalized spacial score (nSPS) is 18.7. The van der Waals surface area contributed by atoms with Crippen molar-refractivity contribution in [2.45, 2.75) is 30.2 Å². The number of carbonyl (C=O) groups excluding carboxylic acids is 1. The molecule has 1 fully saturated rings. The monoisotopic (exact) mass is 250 g/mol. The highest BCUT2D eigenvalue weighted by atomic mass is 32.2. The van der Waals surface area contributed by atoms with E-state index in [2.05, 4.69) is 19.1 Å². The molecule has 0 bridgehead atoms. The van der Waals surface area contributed by atoms with Gasteiger partial charge in [-0.1, -0.05) is 17.7 Å². The Bertz CT molecular complexity index is 431. The van der Waals surface area contributed by atoms with E-state index in [0.29, 0.717) is 5.75 Å². The zero-order valence-corrected chi connectivity index (χ0v) is 10.8. The third kappa shape index (κ3) is 2.82. The van der Waals surface area contributed by atoms with Crippen LogP contribution in [0.25, 0.3) is 0 Å². The molecular formula is C13H18N2OS. The standard InChI is InChI=1S/C13H18N2OS/c1-9-3-2-4-11(7-9)17-8-13(15,12(14)16)10-5-6-10/h2-4,7,10H,5-6,8,15H2,1H3,(H2,14,16). The lowest BCUT2D eigenvalue weighted by atomic mass is 9.96. The molecule has 1 aliphatic rings. The summed E-state index contributed by atoms with van der Waals surface area (Å²) in [6, 6.07) is 8.19. The minimum Gasteiger partial charge on any atom is -0.368 e. The van der Waals surface area contributed by atoms with Crippen LogP contribution in [0.1, 0.15) is 18.4 Å². The van der Waals surface area contributed by atoms with E-state index in [4.69, 9.17) is 11.5 Å². The molecule has 1 atom stereocenters. The Labute approximate surface area is 106 Å². The number of carbonyl (C=O) groups is 1. The number of aryl methyl sites for hydroxylation is 1. The number of nitrogens with two attached hydrogens (primary N) is 2. The maximum Gasteiger partial charge on any atom is 0.238 e. The molecule has 4 heteroatoms. The van der Waals surface area contributed by atoms with Gasteiger partial charge in [0, 0.05) is 10.6 Å². The smallest absolute Gasteiger partial charge is 0.238 e. The molecule has 17 heavy (non-hydrogen) atoms. The largest absolute Gasteiger partial charge is 0.368 e. The highest BCUT2D eigenvalue weighted by Crippen LogP contribution is 2.40. The lowest BCUT2D eigenvalue weighted by Crippen LogP contribution is -2.56. The summed E-state index contributed by atoms with van der Waals surface area (Å²) >= 11 is 1.61. The number of primary amides is 1. The second-order valence-corrected chi connectivity index (χ2v) is 5.83. The van der Waals surface area contributed by atoms with Crippen LogP contribution in [0.3, 0.4) is 0 Å². The molecule has 1 unspecified atom stereocenters. The molecule has 0 aliphatic heterocycles. The van der Waals surface area contributed by atoms with Gasteiger partial charge in [0.05, 0.1) is 0 Å². The van der Waals surface area contributed by atoms with Crippen molar-refractivity contribution >= 4 is 17.7 Å². The molecule has 1 aromatic rings. The van der Waals surface area contributed by atoms with Gasteiger partial charge in [-0.25, -0.2) is 0 Å². The third-order valence-corrected chi connectivity index (χ3v) is 4.44. The minimum absolute atomic E-state index is 0.275. The Hall–Kier alpha value is -1.00. The summed E-state index contributed by atoms with van der Waals surface area (Å²) in [5.41, 5.74) is 11.9. The summed E-state index contributed by atoms with van der Waals surface area (Å²) in [6.45, 7) is 2.05. The number of amides is 1. The Morgan fingerprint density at radius 2 is 2.24 bits per heavy atom. The first-order chi connectivity index (χ1) is 8.02. The fourth-order valence-corrected chi connectivity index (χ4v) is 3.12. The van der Waals surface area contributed by atoms with Crippen LogP contribution in [0, 0.1) is 12.8 Å². The SMILES string of the molecule is Cc1cccc(SCC(N)(C(N)=O)C2CC2)c1. The molecule has 2 rings (SSSR count). The van der Waals surface area contributed by atoms with Gasteiger partial charge in [0.15, 0.2) is 0 Å². The van der Waals surface area contributed by atoms with E-state index in [1.54, 1.807) is 11.8 Å². The number of hydrogen-bond donors (Lipinski definition) is 2. The van der Waals surface area contributed by atoms with Gasteiger partial charge in [-0.05, 0) is 37.8 Å². The molecule has 0 radical (unpaired) electrons. The van der Waals surface area contributed by atoms with E-state index in [0.717, 1.165) is 17.7 Å². The van der Waals surface area contributed by atoms with E-state index in [1.165, 1.54) is 5.56 Å². The molecule has 1 amide bonds. The van der Waals surface area contributed by atoms with Crippen molar-refractivity contribution in [3.8, 4) is 0 Å². The molecule has 1 saturated carbocycles. The highest BCUT2D eigenvalue weighted by Gasteiger charge is 2.46. The number of rotatable bonds is 5. The van der Waals surface area contributed by atoms with Gasteiger partial charge in [-0.3, -0.25) is 4.79 Å². The highest BCUT2D eigenvalue weighted by molar-refractivity contribution is 7.99. The number of benzene rings is 1. The molecule has 0 aromatic heterocycles. The molecule has 3 nitrogen and oxygen atoms in total. The Balaban J connectivity index is 2.03. The molecule has 1 aliphatic carbocycles. The van der Waals surface area contributed by atoms with Gasteiger partial charge in [0.2, 0.25) is 5.91 Å². The molecule has 4 N–H and O–H groups in total. The topological polar surface area (TPSA) is 69.1 Å². The Morgan fingerprint density at radius 3 is 2.76 bits per heavy atom. The van der Waals surface area contributed by atoms with Crippen LogP contribution in [0.15, 0.2) is 29.2 Å². The maximum atomic E-state index is 11.5. The summed E-state index contributed by atoms with van der Waals surface area (Å²) in [4.78, 5) is 12.6.